The molecule has 0 aliphatic heterocycles. The van der Waals surface area contributed by atoms with Crippen molar-refractivity contribution in [1.82, 2.24) is 35.2 Å². The summed E-state index contributed by atoms with van der Waals surface area (Å²) in [5, 5.41) is 21.0. The molecule has 0 saturated carbocycles. The van der Waals surface area contributed by atoms with E-state index in [9.17, 15) is 28.0 Å². The quantitative estimate of drug-likeness (QED) is 0.0737. The maximum absolute atomic E-state index is 12.9. The van der Waals surface area contributed by atoms with E-state index >= 15 is 0 Å². The number of carbonyl (C=O) groups excluding carboxylic acids is 2. The Bertz CT molecular complexity index is 3090. The van der Waals surface area contributed by atoms with Gasteiger partial charge in [0.05, 0.1) is 30.1 Å². The molecule has 3 aromatic carbocycles. The van der Waals surface area contributed by atoms with Crippen molar-refractivity contribution in [2.75, 3.05) is 6.61 Å². The highest BCUT2D eigenvalue weighted by Crippen LogP contribution is 2.34. The van der Waals surface area contributed by atoms with E-state index in [2.05, 4.69) is 35.2 Å². The molecule has 64 heavy (non-hydrogen) atoms. The van der Waals surface area contributed by atoms with Gasteiger partial charge < -0.3 is 23.3 Å². The zero-order valence-electron chi connectivity index (χ0n) is 33.7. The topological polar surface area (TPSA) is 202 Å². The first-order valence-corrected chi connectivity index (χ1v) is 19.9. The van der Waals surface area contributed by atoms with Gasteiger partial charge in [0.15, 0.2) is 6.61 Å². The van der Waals surface area contributed by atoms with Gasteiger partial charge in [-0.3, -0.25) is 19.6 Å². The molecule has 8 aromatic rings. The van der Waals surface area contributed by atoms with Crippen LogP contribution in [0.15, 0.2) is 100 Å². The maximum Gasteiger partial charge on any atom is 0.422 e. The molecule has 0 aliphatic carbocycles. The number of alkyl halides is 3. The summed E-state index contributed by atoms with van der Waals surface area (Å²) < 4.78 is 64.6. The van der Waals surface area contributed by atoms with E-state index < -0.39 is 24.7 Å². The van der Waals surface area contributed by atoms with Gasteiger partial charge >= 0.3 is 18.1 Å². The number of fused-ring (bicyclic) bond motifs is 2. The SMILES string of the molecule is CC(C)Oc1ncc(-c2nc(-c3cccc4c(CCC(=O)OC(=O)CCc5nccc6c(-c7noc(-c8ccc(OCC(F)(F)F)c(C#N)c8)n7)cccc56)nccc34)no2)cc1Cl. The molecule has 322 valence electrons. The molecule has 19 heteroatoms. The first-order chi connectivity index (χ1) is 30.8. The van der Waals surface area contributed by atoms with E-state index in [4.69, 9.17) is 34.9 Å². The first kappa shape index (κ1) is 42.9. The lowest BCUT2D eigenvalue weighted by Gasteiger charge is -2.10. The molecule has 0 aliphatic rings. The summed E-state index contributed by atoms with van der Waals surface area (Å²) in [4.78, 5) is 48.1. The van der Waals surface area contributed by atoms with Crippen LogP contribution in [0.25, 0.3) is 67.2 Å². The number of hydrogen-bond acceptors (Lipinski definition) is 15. The molecule has 0 radical (unpaired) electrons. The third-order valence-electron chi connectivity index (χ3n) is 9.61. The normalized spacial score (nSPS) is 11.5. The molecule has 5 heterocycles. The Morgan fingerprint density at radius 2 is 1.34 bits per heavy atom. The Morgan fingerprint density at radius 1 is 0.766 bits per heavy atom. The minimum Gasteiger partial charge on any atom is -0.483 e. The number of nitrogens with zero attached hydrogens (tertiary/aromatic N) is 8. The summed E-state index contributed by atoms with van der Waals surface area (Å²) in [5.74, 6) is -0.641. The molecule has 8 rings (SSSR count). The van der Waals surface area contributed by atoms with E-state index in [1.165, 1.54) is 24.4 Å². The summed E-state index contributed by atoms with van der Waals surface area (Å²) in [6.45, 7) is 2.19. The van der Waals surface area contributed by atoms with Crippen LogP contribution in [0.4, 0.5) is 13.2 Å². The van der Waals surface area contributed by atoms with Crippen LogP contribution in [0.2, 0.25) is 5.02 Å². The number of rotatable bonds is 14. The summed E-state index contributed by atoms with van der Waals surface area (Å²) in [5.41, 5.74) is 3.06. The van der Waals surface area contributed by atoms with E-state index in [1.807, 2.05) is 50.2 Å². The maximum atomic E-state index is 12.9. The van der Waals surface area contributed by atoms with Gasteiger partial charge in [0.1, 0.15) is 16.8 Å². The Morgan fingerprint density at radius 3 is 1.88 bits per heavy atom. The molecule has 15 nitrogen and oxygen atoms in total. The van der Waals surface area contributed by atoms with E-state index in [0.717, 1.165) is 10.8 Å². The number of hydrogen-bond donors (Lipinski definition) is 0. The van der Waals surface area contributed by atoms with Crippen molar-refractivity contribution in [1.29, 1.82) is 5.26 Å². The molecule has 0 amide bonds. The Balaban J connectivity index is 0.896. The van der Waals surface area contributed by atoms with Gasteiger partial charge in [-0.1, -0.05) is 58.3 Å². The predicted octanol–water partition coefficient (Wildman–Crippen LogP) is 9.50. The summed E-state index contributed by atoms with van der Waals surface area (Å²) in [6.07, 6.45) is 0.114. The van der Waals surface area contributed by atoms with Gasteiger partial charge in [0.2, 0.25) is 17.5 Å². The second-order valence-corrected chi connectivity index (χ2v) is 14.8. The molecule has 0 saturated heterocycles. The summed E-state index contributed by atoms with van der Waals surface area (Å²) in [6, 6.07) is 21.8. The molecular weight excluding hydrogens is 857 g/mol. The van der Waals surface area contributed by atoms with Gasteiger partial charge in [-0.15, -0.1) is 0 Å². The smallest absolute Gasteiger partial charge is 0.422 e. The lowest BCUT2D eigenvalue weighted by molar-refractivity contribution is -0.159. The highest BCUT2D eigenvalue weighted by Gasteiger charge is 2.29. The molecule has 0 unspecified atom stereocenters. The van der Waals surface area contributed by atoms with Crippen molar-refractivity contribution >= 4 is 45.1 Å². The van der Waals surface area contributed by atoms with Crippen LogP contribution in [0.5, 0.6) is 11.6 Å². The highest BCUT2D eigenvalue weighted by atomic mass is 35.5. The Labute approximate surface area is 365 Å². The van der Waals surface area contributed by atoms with Crippen LogP contribution in [-0.2, 0) is 27.2 Å². The van der Waals surface area contributed by atoms with Gasteiger partial charge in [0.25, 0.3) is 11.8 Å². The third kappa shape index (κ3) is 9.64. The summed E-state index contributed by atoms with van der Waals surface area (Å²) >= 11 is 6.37. The third-order valence-corrected chi connectivity index (χ3v) is 9.88. The van der Waals surface area contributed by atoms with Crippen molar-refractivity contribution in [3.05, 3.63) is 113 Å². The first-order valence-electron chi connectivity index (χ1n) is 19.5. The van der Waals surface area contributed by atoms with Crippen LogP contribution >= 0.6 is 11.6 Å². The standard InChI is InChI=1S/C45H32ClF3N8O7/c1-24(2)61-44-34(46)20-27(22-53-44)43-55-41(57-64-43)33-8-4-6-31-29(33)16-18-52-36(31)11-14-39(59)62-38(58)13-10-35-30-5-3-7-32(28(30)15-17-51-35)40-54-42(63-56-40)25-9-12-37(26(19-25)21-50)60-23-45(47,48)49/h3-9,12,15-20,22,24H,10-11,13-14,23H2,1-2H3. The fourth-order valence-corrected chi connectivity index (χ4v) is 6.99. The monoisotopic (exact) mass is 888 g/mol. The van der Waals surface area contributed by atoms with Gasteiger partial charge in [-0.05, 0) is 61.0 Å². The summed E-state index contributed by atoms with van der Waals surface area (Å²) in [7, 11) is 0. The minimum absolute atomic E-state index is 0.0202. The molecular formula is C45H32ClF3N8O7. The zero-order valence-corrected chi connectivity index (χ0v) is 34.5. The van der Waals surface area contributed by atoms with Gasteiger partial charge in [-0.25, -0.2) is 4.98 Å². The fraction of sp³-hybridized carbons (Fsp3) is 0.200. The van der Waals surface area contributed by atoms with Crippen LogP contribution in [0, 0.1) is 11.3 Å². The highest BCUT2D eigenvalue weighted by molar-refractivity contribution is 6.32. The number of carbonyl (C=O) groups is 2. The van der Waals surface area contributed by atoms with Crippen LogP contribution in [0.1, 0.15) is 43.6 Å². The minimum atomic E-state index is -4.57. The lowest BCUT2D eigenvalue weighted by atomic mass is 10.0. The van der Waals surface area contributed by atoms with E-state index in [0.29, 0.717) is 61.1 Å². The average Bonchev–Trinajstić information content (AvgIpc) is 3.98. The molecule has 5 aromatic heterocycles. The van der Waals surface area contributed by atoms with E-state index in [1.54, 1.807) is 36.7 Å². The van der Waals surface area contributed by atoms with Crippen LogP contribution in [-0.4, -0.2) is 66.1 Å². The van der Waals surface area contributed by atoms with Gasteiger partial charge in [-0.2, -0.15) is 28.4 Å². The zero-order chi connectivity index (χ0) is 45.0. The Kier molecular flexibility index (Phi) is 12.3. The second kappa shape index (κ2) is 18.3. The lowest BCUT2D eigenvalue weighted by Crippen LogP contribution is -2.19. The number of benzene rings is 3. The Hall–Kier alpha value is -7.78. The van der Waals surface area contributed by atoms with Crippen LogP contribution in [0.3, 0.4) is 0 Å². The molecule has 0 fully saturated rings. The largest absolute Gasteiger partial charge is 0.483 e. The van der Waals surface area contributed by atoms with Crippen molar-refractivity contribution < 1.29 is 46.0 Å². The fourth-order valence-electron chi connectivity index (χ4n) is 6.78. The predicted molar refractivity (Wildman–Crippen MR) is 224 cm³/mol. The van der Waals surface area contributed by atoms with E-state index in [-0.39, 0.29) is 60.7 Å². The van der Waals surface area contributed by atoms with Crippen LogP contribution < -0.4 is 9.47 Å². The van der Waals surface area contributed by atoms with Crippen molar-refractivity contribution in [3.8, 4) is 63.4 Å². The van der Waals surface area contributed by atoms with Crippen molar-refractivity contribution in [2.45, 2.75) is 51.8 Å². The molecule has 0 N–H and O–H groups in total. The number of nitriles is 1. The average molecular weight is 889 g/mol. The molecule has 0 bridgehead atoms. The van der Waals surface area contributed by atoms with Crippen molar-refractivity contribution in [3.63, 3.8) is 0 Å². The number of pyridine rings is 3. The molecule has 0 atom stereocenters. The van der Waals surface area contributed by atoms with Gasteiger partial charge in [0, 0.05) is 70.3 Å². The number of aromatic nitrogens is 7. The second-order valence-electron chi connectivity index (χ2n) is 14.4. The number of ether oxygens (including phenoxy) is 3. The molecule has 0 spiro atoms. The number of esters is 2. The number of halogens is 4. The van der Waals surface area contributed by atoms with Crippen molar-refractivity contribution in [2.24, 2.45) is 0 Å². The number of aryl methyl sites for hydroxylation is 2.